The molecule has 0 aliphatic rings. The number of hydrogen-bond acceptors (Lipinski definition) is 1. The molecule has 1 aromatic rings. The number of carbonyl (C=O) groups is 1. The number of carbonyl (C=O) groups excluding carboxylic acids is 1. The topological polar surface area (TPSA) is 29.1 Å². The SMILES string of the molecule is C=C(Cl)CNC(=O)c1ccc(F)cc1. The van der Waals surface area contributed by atoms with Crippen molar-refractivity contribution in [1.29, 1.82) is 0 Å². The molecule has 0 spiro atoms. The van der Waals surface area contributed by atoms with Crippen LogP contribution in [0.5, 0.6) is 0 Å². The molecule has 1 aromatic carbocycles. The van der Waals surface area contributed by atoms with E-state index < -0.39 is 0 Å². The molecule has 0 aliphatic heterocycles. The van der Waals surface area contributed by atoms with Crippen LogP contribution in [0.3, 0.4) is 0 Å². The van der Waals surface area contributed by atoms with Crippen LogP contribution in [0.4, 0.5) is 4.39 Å². The van der Waals surface area contributed by atoms with E-state index in [2.05, 4.69) is 11.9 Å². The van der Waals surface area contributed by atoms with Gasteiger partial charge in [-0.15, -0.1) is 0 Å². The van der Waals surface area contributed by atoms with Gasteiger partial charge in [0.15, 0.2) is 0 Å². The third kappa shape index (κ3) is 3.18. The maximum Gasteiger partial charge on any atom is 0.251 e. The number of halogens is 2. The van der Waals surface area contributed by atoms with Crippen LogP contribution in [0, 0.1) is 5.82 Å². The monoisotopic (exact) mass is 213 g/mol. The van der Waals surface area contributed by atoms with Crippen molar-refractivity contribution in [3.05, 3.63) is 47.3 Å². The molecule has 0 aliphatic carbocycles. The Morgan fingerprint density at radius 2 is 2.00 bits per heavy atom. The standard InChI is InChI=1S/C10H9ClFNO/c1-7(11)6-13-10(14)8-2-4-9(12)5-3-8/h2-5H,1,6H2,(H,13,14). The van der Waals surface area contributed by atoms with E-state index in [0.29, 0.717) is 10.6 Å². The van der Waals surface area contributed by atoms with Crippen molar-refractivity contribution >= 4 is 17.5 Å². The Morgan fingerprint density at radius 1 is 1.43 bits per heavy atom. The first-order valence-corrected chi connectivity index (χ1v) is 4.34. The van der Waals surface area contributed by atoms with Crippen LogP contribution in [0.15, 0.2) is 35.9 Å². The van der Waals surface area contributed by atoms with Crippen LogP contribution < -0.4 is 5.32 Å². The predicted octanol–water partition coefficient (Wildman–Crippen LogP) is 2.31. The Bertz CT molecular complexity index is 348. The van der Waals surface area contributed by atoms with Gasteiger partial charge in [0.25, 0.3) is 5.91 Å². The Balaban J connectivity index is 2.61. The number of hydrogen-bond donors (Lipinski definition) is 1. The summed E-state index contributed by atoms with van der Waals surface area (Å²) in [4.78, 5) is 11.3. The lowest BCUT2D eigenvalue weighted by Crippen LogP contribution is -2.24. The van der Waals surface area contributed by atoms with Gasteiger partial charge in [-0.25, -0.2) is 4.39 Å². The Hall–Kier alpha value is -1.35. The summed E-state index contributed by atoms with van der Waals surface area (Å²) in [5.41, 5.74) is 0.393. The summed E-state index contributed by atoms with van der Waals surface area (Å²) in [6.45, 7) is 3.63. The third-order valence-corrected chi connectivity index (χ3v) is 1.68. The van der Waals surface area contributed by atoms with Crippen LogP contribution in [0.2, 0.25) is 0 Å². The molecule has 1 N–H and O–H groups in total. The third-order valence-electron chi connectivity index (χ3n) is 1.55. The summed E-state index contributed by atoms with van der Waals surface area (Å²) < 4.78 is 12.5. The highest BCUT2D eigenvalue weighted by atomic mass is 35.5. The molecular formula is C10H9ClFNO. The van der Waals surface area contributed by atoms with E-state index in [-0.39, 0.29) is 18.3 Å². The maximum absolute atomic E-state index is 12.5. The highest BCUT2D eigenvalue weighted by Gasteiger charge is 2.04. The van der Waals surface area contributed by atoms with Crippen molar-refractivity contribution in [2.24, 2.45) is 0 Å². The molecule has 0 bridgehead atoms. The highest BCUT2D eigenvalue weighted by molar-refractivity contribution is 6.29. The highest BCUT2D eigenvalue weighted by Crippen LogP contribution is 2.02. The molecule has 0 atom stereocenters. The first-order valence-electron chi connectivity index (χ1n) is 3.96. The lowest BCUT2D eigenvalue weighted by Gasteiger charge is -2.03. The fraction of sp³-hybridized carbons (Fsp3) is 0.100. The van der Waals surface area contributed by atoms with E-state index in [0.717, 1.165) is 0 Å². The van der Waals surface area contributed by atoms with Crippen molar-refractivity contribution in [2.45, 2.75) is 0 Å². The van der Waals surface area contributed by atoms with Gasteiger partial charge in [0.2, 0.25) is 0 Å². The van der Waals surface area contributed by atoms with E-state index in [4.69, 9.17) is 11.6 Å². The van der Waals surface area contributed by atoms with E-state index in [9.17, 15) is 9.18 Å². The summed E-state index contributed by atoms with van der Waals surface area (Å²) in [6, 6.07) is 5.26. The van der Waals surface area contributed by atoms with Gasteiger partial charge in [-0.2, -0.15) is 0 Å². The molecule has 1 amide bonds. The Kier molecular flexibility index (Phi) is 3.65. The molecule has 14 heavy (non-hydrogen) atoms. The fourth-order valence-corrected chi connectivity index (χ4v) is 0.946. The molecule has 0 aromatic heterocycles. The molecule has 0 saturated heterocycles. The van der Waals surface area contributed by atoms with Gasteiger partial charge in [0, 0.05) is 10.6 Å². The van der Waals surface area contributed by atoms with Crippen LogP contribution in [-0.4, -0.2) is 12.5 Å². The van der Waals surface area contributed by atoms with Crippen molar-refractivity contribution in [3.63, 3.8) is 0 Å². The molecule has 0 fully saturated rings. The first-order chi connectivity index (χ1) is 6.59. The lowest BCUT2D eigenvalue weighted by molar-refractivity contribution is 0.0957. The average Bonchev–Trinajstić information content (AvgIpc) is 2.15. The van der Waals surface area contributed by atoms with Gasteiger partial charge in [-0.1, -0.05) is 18.2 Å². The molecule has 0 unspecified atom stereocenters. The van der Waals surface area contributed by atoms with E-state index >= 15 is 0 Å². The minimum atomic E-state index is -0.372. The summed E-state index contributed by atoms with van der Waals surface area (Å²) in [5, 5.41) is 2.87. The Labute approximate surface area is 86.4 Å². The fourth-order valence-electron chi connectivity index (χ4n) is 0.880. The Morgan fingerprint density at radius 3 is 2.50 bits per heavy atom. The van der Waals surface area contributed by atoms with Gasteiger partial charge >= 0.3 is 0 Å². The minimum Gasteiger partial charge on any atom is -0.347 e. The van der Waals surface area contributed by atoms with Crippen molar-refractivity contribution in [1.82, 2.24) is 5.32 Å². The zero-order chi connectivity index (χ0) is 10.6. The second-order valence-electron chi connectivity index (χ2n) is 2.71. The van der Waals surface area contributed by atoms with Gasteiger partial charge in [-0.3, -0.25) is 4.79 Å². The normalized spacial score (nSPS) is 9.57. The van der Waals surface area contributed by atoms with Gasteiger partial charge in [0.05, 0.1) is 6.54 Å². The quantitative estimate of drug-likeness (QED) is 0.820. The lowest BCUT2D eigenvalue weighted by atomic mass is 10.2. The summed E-state index contributed by atoms with van der Waals surface area (Å²) >= 11 is 5.47. The van der Waals surface area contributed by atoms with Crippen LogP contribution >= 0.6 is 11.6 Å². The largest absolute Gasteiger partial charge is 0.347 e. The summed E-state index contributed by atoms with van der Waals surface area (Å²) in [7, 11) is 0. The smallest absolute Gasteiger partial charge is 0.251 e. The van der Waals surface area contributed by atoms with Gasteiger partial charge in [-0.05, 0) is 24.3 Å². The van der Waals surface area contributed by atoms with Crippen LogP contribution in [-0.2, 0) is 0 Å². The first kappa shape index (κ1) is 10.7. The molecule has 0 saturated carbocycles. The van der Waals surface area contributed by atoms with Gasteiger partial charge < -0.3 is 5.32 Å². The van der Waals surface area contributed by atoms with E-state index in [1.807, 2.05) is 0 Å². The van der Waals surface area contributed by atoms with Crippen LogP contribution in [0.25, 0.3) is 0 Å². The number of rotatable bonds is 3. The van der Waals surface area contributed by atoms with Crippen LogP contribution in [0.1, 0.15) is 10.4 Å². The number of benzene rings is 1. The molecule has 4 heteroatoms. The number of amides is 1. The zero-order valence-corrected chi connectivity index (χ0v) is 8.14. The zero-order valence-electron chi connectivity index (χ0n) is 7.39. The second kappa shape index (κ2) is 4.77. The maximum atomic E-state index is 12.5. The van der Waals surface area contributed by atoms with Gasteiger partial charge in [0.1, 0.15) is 5.82 Å². The predicted molar refractivity (Wildman–Crippen MR) is 53.7 cm³/mol. The van der Waals surface area contributed by atoms with E-state index in [1.54, 1.807) is 0 Å². The minimum absolute atomic E-state index is 0.206. The second-order valence-corrected chi connectivity index (χ2v) is 3.24. The molecule has 1 rings (SSSR count). The van der Waals surface area contributed by atoms with Crippen molar-refractivity contribution < 1.29 is 9.18 Å². The summed E-state index contributed by atoms with van der Waals surface area (Å²) in [5.74, 6) is -0.671. The van der Waals surface area contributed by atoms with Crippen molar-refractivity contribution in [2.75, 3.05) is 6.54 Å². The van der Waals surface area contributed by atoms with Crippen molar-refractivity contribution in [3.8, 4) is 0 Å². The molecule has 74 valence electrons. The number of nitrogens with one attached hydrogen (secondary N) is 1. The van der Waals surface area contributed by atoms with E-state index in [1.165, 1.54) is 24.3 Å². The summed E-state index contributed by atoms with van der Waals surface area (Å²) in [6.07, 6.45) is 0. The molecule has 0 radical (unpaired) electrons. The molecular weight excluding hydrogens is 205 g/mol. The molecule has 0 heterocycles. The average molecular weight is 214 g/mol. The molecule has 2 nitrogen and oxygen atoms in total.